The summed E-state index contributed by atoms with van der Waals surface area (Å²) in [7, 11) is 3.49. The van der Waals surface area contributed by atoms with Gasteiger partial charge < -0.3 is 9.80 Å². The van der Waals surface area contributed by atoms with E-state index >= 15 is 0 Å². The van der Waals surface area contributed by atoms with Crippen LogP contribution < -0.4 is 0 Å². The largest absolute Gasteiger partial charge is 0.332 e. The molecule has 4 heteroatoms. The monoisotopic (exact) mass is 390 g/mol. The van der Waals surface area contributed by atoms with Crippen molar-refractivity contribution < 1.29 is 9.59 Å². The van der Waals surface area contributed by atoms with Crippen molar-refractivity contribution in [2.24, 2.45) is 5.92 Å². The van der Waals surface area contributed by atoms with Crippen molar-refractivity contribution in [1.29, 1.82) is 0 Å². The third-order valence-electron chi connectivity index (χ3n) is 5.83. The van der Waals surface area contributed by atoms with E-state index < -0.39 is 11.6 Å². The van der Waals surface area contributed by atoms with E-state index in [4.69, 9.17) is 0 Å². The topological polar surface area (TPSA) is 40.6 Å². The molecule has 2 aromatic rings. The van der Waals surface area contributed by atoms with Gasteiger partial charge in [-0.25, -0.2) is 0 Å². The predicted molar refractivity (Wildman–Crippen MR) is 117 cm³/mol. The SMILES string of the molecule is CC(C)C[C@]1(C=C(c2ccccc2)c2ccccc2)C(=O)N(C)[C@@H](C)C(=O)N1C. The highest BCUT2D eigenvalue weighted by Gasteiger charge is 2.51. The second-order valence-electron chi connectivity index (χ2n) is 8.30. The van der Waals surface area contributed by atoms with Crippen LogP contribution in [0.5, 0.6) is 0 Å². The highest BCUT2D eigenvalue weighted by molar-refractivity contribution is 6.02. The van der Waals surface area contributed by atoms with Crippen molar-refractivity contribution >= 4 is 17.4 Å². The lowest BCUT2D eigenvalue weighted by molar-refractivity contribution is -0.164. The van der Waals surface area contributed by atoms with Gasteiger partial charge in [0, 0.05) is 14.1 Å². The molecule has 0 saturated carbocycles. The van der Waals surface area contributed by atoms with Crippen LogP contribution in [-0.4, -0.2) is 47.3 Å². The van der Waals surface area contributed by atoms with Crippen molar-refractivity contribution in [3.63, 3.8) is 0 Å². The maximum Gasteiger partial charge on any atom is 0.253 e. The first kappa shape index (κ1) is 20.8. The lowest BCUT2D eigenvalue weighted by atomic mass is 9.79. The summed E-state index contributed by atoms with van der Waals surface area (Å²) in [4.78, 5) is 29.9. The number of hydrogen-bond donors (Lipinski definition) is 0. The minimum Gasteiger partial charge on any atom is -0.332 e. The molecular formula is C25H30N2O2. The number of carbonyl (C=O) groups excluding carboxylic acids is 2. The van der Waals surface area contributed by atoms with E-state index in [2.05, 4.69) is 13.8 Å². The molecule has 1 heterocycles. The van der Waals surface area contributed by atoms with Gasteiger partial charge in [-0.1, -0.05) is 74.5 Å². The Morgan fingerprint density at radius 1 is 0.966 bits per heavy atom. The van der Waals surface area contributed by atoms with Crippen LogP contribution in [0.2, 0.25) is 0 Å². The molecule has 1 aliphatic heterocycles. The van der Waals surface area contributed by atoms with Gasteiger partial charge in [-0.3, -0.25) is 9.59 Å². The zero-order valence-corrected chi connectivity index (χ0v) is 17.9. The van der Waals surface area contributed by atoms with Gasteiger partial charge in [0.1, 0.15) is 11.6 Å². The quantitative estimate of drug-likeness (QED) is 0.767. The number of carbonyl (C=O) groups is 2. The minimum atomic E-state index is -1.02. The van der Waals surface area contributed by atoms with Gasteiger partial charge in [0.15, 0.2) is 0 Å². The van der Waals surface area contributed by atoms with Gasteiger partial charge in [-0.15, -0.1) is 0 Å². The van der Waals surface area contributed by atoms with Gasteiger partial charge >= 0.3 is 0 Å². The van der Waals surface area contributed by atoms with Gasteiger partial charge in [0.05, 0.1) is 0 Å². The molecule has 2 aromatic carbocycles. The summed E-state index contributed by atoms with van der Waals surface area (Å²) in [5.74, 6) is 0.162. The van der Waals surface area contributed by atoms with Crippen molar-refractivity contribution in [2.45, 2.75) is 38.8 Å². The molecule has 29 heavy (non-hydrogen) atoms. The summed E-state index contributed by atoms with van der Waals surface area (Å²) in [5, 5.41) is 0. The molecule has 4 nitrogen and oxygen atoms in total. The van der Waals surface area contributed by atoms with Crippen LogP contribution in [0.4, 0.5) is 0 Å². The first-order valence-electron chi connectivity index (χ1n) is 10.2. The Kier molecular flexibility index (Phi) is 5.92. The van der Waals surface area contributed by atoms with Crippen LogP contribution in [0.15, 0.2) is 66.7 Å². The zero-order valence-electron chi connectivity index (χ0n) is 17.9. The van der Waals surface area contributed by atoms with E-state index in [1.807, 2.05) is 66.7 Å². The molecule has 0 unspecified atom stereocenters. The van der Waals surface area contributed by atoms with Crippen LogP contribution in [0.1, 0.15) is 38.3 Å². The first-order valence-corrected chi connectivity index (χ1v) is 10.2. The third kappa shape index (κ3) is 3.84. The van der Waals surface area contributed by atoms with Gasteiger partial charge in [-0.05, 0) is 42.0 Å². The lowest BCUT2D eigenvalue weighted by Gasteiger charge is -2.49. The Bertz CT molecular complexity index is 863. The number of benzene rings is 2. The Balaban J connectivity index is 2.27. The van der Waals surface area contributed by atoms with Gasteiger partial charge in [0.25, 0.3) is 5.91 Å². The Morgan fingerprint density at radius 2 is 1.45 bits per heavy atom. The van der Waals surface area contributed by atoms with Crippen molar-refractivity contribution in [3.8, 4) is 0 Å². The Morgan fingerprint density at radius 3 is 1.90 bits per heavy atom. The van der Waals surface area contributed by atoms with Crippen molar-refractivity contribution in [1.82, 2.24) is 9.80 Å². The Labute approximate surface area is 173 Å². The number of hydrogen-bond acceptors (Lipinski definition) is 2. The summed E-state index contributed by atoms with van der Waals surface area (Å²) in [6, 6.07) is 19.7. The van der Waals surface area contributed by atoms with Gasteiger partial charge in [-0.2, -0.15) is 0 Å². The number of likely N-dealkylation sites (N-methyl/N-ethyl adjacent to an activating group) is 2. The average molecular weight is 391 g/mol. The number of piperazine rings is 1. The molecule has 2 amide bonds. The van der Waals surface area contributed by atoms with Crippen molar-refractivity contribution in [3.05, 3.63) is 77.9 Å². The predicted octanol–water partition coefficient (Wildman–Crippen LogP) is 4.22. The Hall–Kier alpha value is -2.88. The number of amides is 2. The molecule has 0 bridgehead atoms. The molecule has 152 valence electrons. The smallest absolute Gasteiger partial charge is 0.253 e. The summed E-state index contributed by atoms with van der Waals surface area (Å²) in [6.45, 7) is 5.96. The van der Waals surface area contributed by atoms with Gasteiger partial charge in [0.2, 0.25) is 5.91 Å². The molecule has 0 aromatic heterocycles. The highest BCUT2D eigenvalue weighted by Crippen LogP contribution is 2.37. The molecule has 0 spiro atoms. The fourth-order valence-electron chi connectivity index (χ4n) is 4.14. The van der Waals surface area contributed by atoms with E-state index in [1.165, 1.54) is 0 Å². The standard InChI is InChI=1S/C25H30N2O2/c1-18(2)16-25(24(29)26(4)19(3)23(28)27(25)5)17-22(20-12-8-6-9-13-20)21-14-10-7-11-15-21/h6-15,17-19H,16H2,1-5H3/t19-,25-/m0/s1. The summed E-state index contributed by atoms with van der Waals surface area (Å²) >= 11 is 0. The van der Waals surface area contributed by atoms with E-state index in [0.29, 0.717) is 6.42 Å². The zero-order chi connectivity index (χ0) is 21.2. The maximum absolute atomic E-state index is 13.6. The molecule has 0 N–H and O–H groups in total. The second-order valence-corrected chi connectivity index (χ2v) is 8.30. The molecular weight excluding hydrogens is 360 g/mol. The minimum absolute atomic E-state index is 0.0369. The maximum atomic E-state index is 13.6. The molecule has 1 aliphatic rings. The number of nitrogens with zero attached hydrogens (tertiary/aromatic N) is 2. The molecule has 2 atom stereocenters. The van der Waals surface area contributed by atoms with E-state index in [0.717, 1.165) is 16.7 Å². The van der Waals surface area contributed by atoms with Crippen LogP contribution in [0.25, 0.3) is 5.57 Å². The highest BCUT2D eigenvalue weighted by atomic mass is 16.2. The normalized spacial score (nSPS) is 22.2. The van der Waals surface area contributed by atoms with Crippen molar-refractivity contribution in [2.75, 3.05) is 14.1 Å². The fraction of sp³-hybridized carbons (Fsp3) is 0.360. The fourth-order valence-corrected chi connectivity index (χ4v) is 4.14. The number of rotatable bonds is 5. The summed E-state index contributed by atoms with van der Waals surface area (Å²) < 4.78 is 0. The van der Waals surface area contributed by atoms with Crippen LogP contribution in [-0.2, 0) is 9.59 Å². The molecule has 1 fully saturated rings. The van der Waals surface area contributed by atoms with E-state index in [1.54, 1.807) is 30.8 Å². The average Bonchev–Trinajstić information content (AvgIpc) is 2.74. The lowest BCUT2D eigenvalue weighted by Crippen LogP contribution is -2.68. The second kappa shape index (κ2) is 8.24. The molecule has 0 radical (unpaired) electrons. The van der Waals surface area contributed by atoms with E-state index in [9.17, 15) is 9.59 Å². The molecule has 1 saturated heterocycles. The molecule has 0 aliphatic carbocycles. The van der Waals surface area contributed by atoms with E-state index in [-0.39, 0.29) is 17.7 Å². The van der Waals surface area contributed by atoms with Crippen LogP contribution >= 0.6 is 0 Å². The van der Waals surface area contributed by atoms with Crippen LogP contribution in [0, 0.1) is 5.92 Å². The first-order chi connectivity index (χ1) is 13.8. The summed E-state index contributed by atoms with van der Waals surface area (Å²) in [5.41, 5.74) is 1.99. The molecule has 3 rings (SSSR count). The summed E-state index contributed by atoms with van der Waals surface area (Å²) in [6.07, 6.45) is 2.58. The van der Waals surface area contributed by atoms with Crippen LogP contribution in [0.3, 0.4) is 0 Å². The third-order valence-corrected chi connectivity index (χ3v) is 5.83.